The number of nitrogens with one attached hydrogen (secondary N) is 1. The van der Waals surface area contributed by atoms with Gasteiger partial charge in [-0.2, -0.15) is 5.26 Å². The van der Waals surface area contributed by atoms with Gasteiger partial charge in [0.05, 0.1) is 5.56 Å². The van der Waals surface area contributed by atoms with E-state index in [0.717, 1.165) is 5.56 Å². The van der Waals surface area contributed by atoms with Crippen molar-refractivity contribution in [3.8, 4) is 17.4 Å². The molecule has 0 aliphatic carbocycles. The van der Waals surface area contributed by atoms with Crippen LogP contribution in [0.3, 0.4) is 0 Å². The van der Waals surface area contributed by atoms with Gasteiger partial charge in [-0.15, -0.1) is 0 Å². The zero-order valence-electron chi connectivity index (χ0n) is 14.5. The van der Waals surface area contributed by atoms with Gasteiger partial charge in [-0.1, -0.05) is 42.5 Å². The largest absolute Gasteiger partial charge is 0.457 e. The van der Waals surface area contributed by atoms with Crippen molar-refractivity contribution in [3.63, 3.8) is 0 Å². The van der Waals surface area contributed by atoms with Gasteiger partial charge in [0.15, 0.2) is 0 Å². The maximum Gasteiger partial charge on any atom is 0.262 e. The van der Waals surface area contributed by atoms with Crippen LogP contribution in [0.5, 0.6) is 0 Å². The molecule has 3 aromatic rings. The molecule has 0 saturated heterocycles. The SMILES string of the molecule is N#C/C(=C\c1ccc(-c2ccccc2F)o1)C(=O)NCCc1ccccc1. The summed E-state index contributed by atoms with van der Waals surface area (Å²) in [5.41, 5.74) is 1.35. The lowest BCUT2D eigenvalue weighted by atomic mass is 10.1. The normalized spacial score (nSPS) is 11.0. The quantitative estimate of drug-likeness (QED) is 0.525. The lowest BCUT2D eigenvalue weighted by molar-refractivity contribution is -0.117. The van der Waals surface area contributed by atoms with E-state index >= 15 is 0 Å². The molecule has 0 aliphatic rings. The minimum Gasteiger partial charge on any atom is -0.457 e. The number of nitriles is 1. The Morgan fingerprint density at radius 2 is 1.81 bits per heavy atom. The van der Waals surface area contributed by atoms with Crippen LogP contribution in [0.2, 0.25) is 0 Å². The van der Waals surface area contributed by atoms with Crippen molar-refractivity contribution in [1.82, 2.24) is 5.32 Å². The van der Waals surface area contributed by atoms with Crippen LogP contribution in [0, 0.1) is 17.1 Å². The maximum absolute atomic E-state index is 13.8. The molecule has 0 fully saturated rings. The predicted molar refractivity (Wildman–Crippen MR) is 101 cm³/mol. The molecular formula is C22H17FN2O2. The highest BCUT2D eigenvalue weighted by Crippen LogP contribution is 2.25. The summed E-state index contributed by atoms with van der Waals surface area (Å²) >= 11 is 0. The fourth-order valence-electron chi connectivity index (χ4n) is 2.59. The third kappa shape index (κ3) is 4.71. The second-order valence-corrected chi connectivity index (χ2v) is 5.84. The fourth-order valence-corrected chi connectivity index (χ4v) is 2.59. The van der Waals surface area contributed by atoms with Gasteiger partial charge in [-0.05, 0) is 36.2 Å². The van der Waals surface area contributed by atoms with Gasteiger partial charge in [0.25, 0.3) is 5.91 Å². The van der Waals surface area contributed by atoms with E-state index in [1.54, 1.807) is 30.3 Å². The summed E-state index contributed by atoms with van der Waals surface area (Å²) in [6.45, 7) is 0.417. The molecule has 0 atom stereocenters. The minimum absolute atomic E-state index is 0.0718. The Labute approximate surface area is 156 Å². The molecule has 3 rings (SSSR count). The van der Waals surface area contributed by atoms with Gasteiger partial charge < -0.3 is 9.73 Å². The highest BCUT2D eigenvalue weighted by molar-refractivity contribution is 6.01. The zero-order chi connectivity index (χ0) is 19.1. The van der Waals surface area contributed by atoms with Crippen LogP contribution in [-0.4, -0.2) is 12.5 Å². The number of benzene rings is 2. The van der Waals surface area contributed by atoms with Crippen molar-refractivity contribution < 1.29 is 13.6 Å². The van der Waals surface area contributed by atoms with Crippen LogP contribution in [0.4, 0.5) is 4.39 Å². The monoisotopic (exact) mass is 360 g/mol. The van der Waals surface area contributed by atoms with Crippen molar-refractivity contribution in [2.45, 2.75) is 6.42 Å². The van der Waals surface area contributed by atoms with E-state index in [2.05, 4.69) is 5.32 Å². The minimum atomic E-state index is -0.475. The number of carbonyl (C=O) groups is 1. The first-order chi connectivity index (χ1) is 13.2. The molecule has 1 heterocycles. The van der Waals surface area contributed by atoms with Crippen LogP contribution >= 0.6 is 0 Å². The number of hydrogen-bond acceptors (Lipinski definition) is 3. The molecule has 0 saturated carbocycles. The first kappa shape index (κ1) is 18.2. The number of hydrogen-bond donors (Lipinski definition) is 1. The van der Waals surface area contributed by atoms with Crippen molar-refractivity contribution in [2.24, 2.45) is 0 Å². The van der Waals surface area contributed by atoms with Crippen LogP contribution in [-0.2, 0) is 11.2 Å². The second kappa shape index (κ2) is 8.63. The maximum atomic E-state index is 13.8. The highest BCUT2D eigenvalue weighted by Gasteiger charge is 2.12. The van der Waals surface area contributed by atoms with E-state index in [9.17, 15) is 14.4 Å². The van der Waals surface area contributed by atoms with Gasteiger partial charge >= 0.3 is 0 Å². The molecule has 0 radical (unpaired) electrons. The number of rotatable bonds is 6. The molecule has 0 aliphatic heterocycles. The first-order valence-electron chi connectivity index (χ1n) is 8.46. The molecule has 27 heavy (non-hydrogen) atoms. The second-order valence-electron chi connectivity index (χ2n) is 5.84. The summed E-state index contributed by atoms with van der Waals surface area (Å²) in [6, 6.07) is 21.1. The average Bonchev–Trinajstić information content (AvgIpc) is 3.15. The van der Waals surface area contributed by atoms with Gasteiger partial charge in [0.2, 0.25) is 0 Å². The van der Waals surface area contributed by atoms with Crippen molar-refractivity contribution in [3.05, 3.63) is 89.4 Å². The Morgan fingerprint density at radius 1 is 1.07 bits per heavy atom. The third-order valence-corrected chi connectivity index (χ3v) is 3.96. The van der Waals surface area contributed by atoms with E-state index in [0.29, 0.717) is 30.0 Å². The highest BCUT2D eigenvalue weighted by atomic mass is 19.1. The molecule has 0 spiro atoms. The van der Waals surface area contributed by atoms with E-state index in [4.69, 9.17) is 4.42 Å². The van der Waals surface area contributed by atoms with Crippen LogP contribution in [0.15, 0.2) is 76.7 Å². The van der Waals surface area contributed by atoms with Crippen LogP contribution in [0.25, 0.3) is 17.4 Å². The Morgan fingerprint density at radius 3 is 2.56 bits per heavy atom. The van der Waals surface area contributed by atoms with Crippen LogP contribution in [0.1, 0.15) is 11.3 Å². The van der Waals surface area contributed by atoms with Crippen molar-refractivity contribution in [2.75, 3.05) is 6.54 Å². The number of amides is 1. The molecule has 1 amide bonds. The Kier molecular flexibility index (Phi) is 5.80. The molecule has 0 unspecified atom stereocenters. The summed E-state index contributed by atoms with van der Waals surface area (Å²) in [6.07, 6.45) is 2.02. The lowest BCUT2D eigenvalue weighted by Crippen LogP contribution is -2.26. The summed E-state index contributed by atoms with van der Waals surface area (Å²) in [5.74, 6) is -0.233. The molecule has 0 bridgehead atoms. The Hall–Kier alpha value is -3.65. The van der Waals surface area contributed by atoms with Crippen molar-refractivity contribution in [1.29, 1.82) is 5.26 Å². The summed E-state index contributed by atoms with van der Waals surface area (Å²) in [4.78, 5) is 12.2. The standard InChI is InChI=1S/C22H17FN2O2/c23-20-9-5-4-8-19(20)21-11-10-18(27-21)14-17(15-24)22(26)25-13-12-16-6-2-1-3-7-16/h1-11,14H,12-13H2,(H,25,26)/b17-14+. The summed E-state index contributed by atoms with van der Waals surface area (Å²) < 4.78 is 19.4. The molecule has 4 nitrogen and oxygen atoms in total. The number of carbonyl (C=O) groups excluding carboxylic acids is 1. The van der Waals surface area contributed by atoms with E-state index in [-0.39, 0.29) is 5.57 Å². The van der Waals surface area contributed by atoms with Gasteiger partial charge in [-0.25, -0.2) is 4.39 Å². The number of halogens is 1. The predicted octanol–water partition coefficient (Wildman–Crippen LogP) is 4.35. The van der Waals surface area contributed by atoms with E-state index in [1.807, 2.05) is 36.4 Å². The molecular weight excluding hydrogens is 343 g/mol. The molecule has 1 N–H and O–H groups in total. The lowest BCUT2D eigenvalue weighted by Gasteiger charge is -2.04. The molecule has 5 heteroatoms. The Balaban J connectivity index is 1.66. The van der Waals surface area contributed by atoms with Gasteiger partial charge in [0.1, 0.15) is 29.0 Å². The van der Waals surface area contributed by atoms with Crippen LogP contribution < -0.4 is 5.32 Å². The number of furan rings is 1. The fraction of sp³-hybridized carbons (Fsp3) is 0.0909. The van der Waals surface area contributed by atoms with Gasteiger partial charge in [-0.3, -0.25) is 4.79 Å². The first-order valence-corrected chi connectivity index (χ1v) is 8.46. The molecule has 134 valence electrons. The zero-order valence-corrected chi connectivity index (χ0v) is 14.5. The van der Waals surface area contributed by atoms with E-state index in [1.165, 1.54) is 12.1 Å². The smallest absolute Gasteiger partial charge is 0.262 e. The molecule has 1 aromatic heterocycles. The summed E-state index contributed by atoms with van der Waals surface area (Å²) in [7, 11) is 0. The average molecular weight is 360 g/mol. The third-order valence-electron chi connectivity index (χ3n) is 3.96. The molecule has 2 aromatic carbocycles. The van der Waals surface area contributed by atoms with Gasteiger partial charge in [0, 0.05) is 12.6 Å². The number of nitrogens with zero attached hydrogens (tertiary/aromatic N) is 1. The van der Waals surface area contributed by atoms with Crippen molar-refractivity contribution >= 4 is 12.0 Å². The topological polar surface area (TPSA) is 66.0 Å². The van der Waals surface area contributed by atoms with E-state index < -0.39 is 11.7 Å². The summed E-state index contributed by atoms with van der Waals surface area (Å²) in [5, 5.41) is 12.0. The Bertz CT molecular complexity index is 1000.